The number of methoxy groups -OCH3 is 1. The molecule has 128 valence electrons. The average Bonchev–Trinajstić information content (AvgIpc) is 2.51. The van der Waals surface area contributed by atoms with Gasteiger partial charge in [0, 0.05) is 35.7 Å². The highest BCUT2D eigenvalue weighted by Gasteiger charge is 2.28. The molecular formula is C17H27N3O2S. The first-order valence-corrected chi connectivity index (χ1v) is 8.97. The summed E-state index contributed by atoms with van der Waals surface area (Å²) in [5.41, 5.74) is 0.769. The van der Waals surface area contributed by atoms with Gasteiger partial charge < -0.3 is 20.1 Å². The van der Waals surface area contributed by atoms with Crippen LogP contribution in [0, 0.1) is 0 Å². The maximum absolute atomic E-state index is 10.2. The first-order chi connectivity index (χ1) is 11.0. The molecule has 1 aliphatic rings. The molecule has 1 aliphatic heterocycles. The SMILES string of the molecule is CCNC(=NCc1cccc(OC)c1O)N1CCSC(C)(C)C1. The maximum Gasteiger partial charge on any atom is 0.194 e. The summed E-state index contributed by atoms with van der Waals surface area (Å²) in [6, 6.07) is 5.50. The molecular weight excluding hydrogens is 310 g/mol. The zero-order valence-electron chi connectivity index (χ0n) is 14.4. The van der Waals surface area contributed by atoms with E-state index in [1.54, 1.807) is 13.2 Å². The highest BCUT2D eigenvalue weighted by Crippen LogP contribution is 2.31. The fourth-order valence-corrected chi connectivity index (χ4v) is 3.75. The molecule has 1 fully saturated rings. The molecule has 0 bridgehead atoms. The minimum Gasteiger partial charge on any atom is -0.504 e. The van der Waals surface area contributed by atoms with Crippen LogP contribution in [-0.4, -0.2) is 53.2 Å². The number of para-hydroxylation sites is 1. The van der Waals surface area contributed by atoms with E-state index < -0.39 is 0 Å². The van der Waals surface area contributed by atoms with E-state index in [0.717, 1.165) is 36.9 Å². The van der Waals surface area contributed by atoms with E-state index in [1.165, 1.54) is 0 Å². The average molecular weight is 337 g/mol. The van der Waals surface area contributed by atoms with Crippen molar-refractivity contribution in [1.82, 2.24) is 10.2 Å². The lowest BCUT2D eigenvalue weighted by Gasteiger charge is -2.39. The molecule has 1 saturated heterocycles. The Kier molecular flexibility index (Phi) is 6.04. The fourth-order valence-electron chi connectivity index (χ4n) is 2.64. The first kappa shape index (κ1) is 17.8. The summed E-state index contributed by atoms with van der Waals surface area (Å²) in [5.74, 6) is 2.66. The van der Waals surface area contributed by atoms with Gasteiger partial charge in [0.05, 0.1) is 13.7 Å². The number of thioether (sulfide) groups is 1. The monoisotopic (exact) mass is 337 g/mol. The van der Waals surface area contributed by atoms with Crippen LogP contribution in [0.1, 0.15) is 26.3 Å². The van der Waals surface area contributed by atoms with E-state index in [9.17, 15) is 5.11 Å². The van der Waals surface area contributed by atoms with Gasteiger partial charge in [0.25, 0.3) is 0 Å². The molecule has 23 heavy (non-hydrogen) atoms. The predicted octanol–water partition coefficient (Wildman–Crippen LogP) is 2.69. The summed E-state index contributed by atoms with van der Waals surface area (Å²) < 4.78 is 5.39. The first-order valence-electron chi connectivity index (χ1n) is 7.99. The largest absolute Gasteiger partial charge is 0.504 e. The minimum absolute atomic E-state index is 0.170. The molecule has 0 atom stereocenters. The minimum atomic E-state index is 0.170. The number of aromatic hydroxyl groups is 1. The van der Waals surface area contributed by atoms with Crippen molar-refractivity contribution in [1.29, 1.82) is 0 Å². The Balaban J connectivity index is 2.16. The van der Waals surface area contributed by atoms with Crippen LogP contribution in [0.4, 0.5) is 0 Å². The van der Waals surface area contributed by atoms with Gasteiger partial charge in [-0.1, -0.05) is 12.1 Å². The second-order valence-electron chi connectivity index (χ2n) is 6.17. The number of phenols is 1. The number of hydrogen-bond acceptors (Lipinski definition) is 4. The number of ether oxygens (including phenoxy) is 1. The number of nitrogens with one attached hydrogen (secondary N) is 1. The lowest BCUT2D eigenvalue weighted by Crippen LogP contribution is -2.50. The Morgan fingerprint density at radius 3 is 2.91 bits per heavy atom. The topological polar surface area (TPSA) is 57.1 Å². The molecule has 0 saturated carbocycles. The molecule has 1 aromatic rings. The zero-order chi connectivity index (χ0) is 16.9. The van der Waals surface area contributed by atoms with Crippen molar-refractivity contribution in [3.8, 4) is 11.5 Å². The molecule has 0 spiro atoms. The summed E-state index contributed by atoms with van der Waals surface area (Å²) in [6.45, 7) is 9.81. The normalized spacial score (nSPS) is 17.9. The van der Waals surface area contributed by atoms with E-state index in [4.69, 9.17) is 9.73 Å². The van der Waals surface area contributed by atoms with Gasteiger partial charge >= 0.3 is 0 Å². The number of benzene rings is 1. The standard InChI is InChI=1S/C17H27N3O2S/c1-5-18-16(20-9-10-23-17(2,3)12-20)19-11-13-7-6-8-14(22-4)15(13)21/h6-8,21H,5,9-12H2,1-4H3,(H,18,19). The van der Waals surface area contributed by atoms with Crippen LogP contribution in [0.2, 0.25) is 0 Å². The Labute approximate surface area is 143 Å². The molecule has 5 nitrogen and oxygen atoms in total. The van der Waals surface area contributed by atoms with Gasteiger partial charge in [-0.3, -0.25) is 0 Å². The number of aliphatic imine (C=N–C) groups is 1. The van der Waals surface area contributed by atoms with Crippen LogP contribution >= 0.6 is 11.8 Å². The van der Waals surface area contributed by atoms with Crippen LogP contribution in [0.15, 0.2) is 23.2 Å². The molecule has 2 rings (SSSR count). The summed E-state index contributed by atoms with van der Waals surface area (Å²) in [5, 5.41) is 13.6. The van der Waals surface area contributed by atoms with E-state index in [2.05, 4.69) is 31.0 Å². The van der Waals surface area contributed by atoms with E-state index in [1.807, 2.05) is 23.9 Å². The second kappa shape index (κ2) is 7.81. The third-order valence-corrected chi connectivity index (χ3v) is 5.06. The van der Waals surface area contributed by atoms with Gasteiger partial charge in [0.1, 0.15) is 0 Å². The number of rotatable bonds is 4. The van der Waals surface area contributed by atoms with Crippen LogP contribution in [-0.2, 0) is 6.54 Å². The maximum atomic E-state index is 10.2. The van der Waals surface area contributed by atoms with Crippen LogP contribution in [0.25, 0.3) is 0 Å². The summed E-state index contributed by atoms with van der Waals surface area (Å²) in [6.07, 6.45) is 0. The molecule has 0 aliphatic carbocycles. The van der Waals surface area contributed by atoms with E-state index >= 15 is 0 Å². The lowest BCUT2D eigenvalue weighted by atomic mass is 10.2. The molecule has 0 radical (unpaired) electrons. The van der Waals surface area contributed by atoms with Gasteiger partial charge in [-0.05, 0) is 26.8 Å². The Morgan fingerprint density at radius 1 is 1.48 bits per heavy atom. The highest BCUT2D eigenvalue weighted by molar-refractivity contribution is 8.00. The van der Waals surface area contributed by atoms with Gasteiger partial charge in [-0.15, -0.1) is 0 Å². The molecule has 0 unspecified atom stereocenters. The van der Waals surface area contributed by atoms with Crippen molar-refractivity contribution in [2.45, 2.75) is 32.1 Å². The summed E-state index contributed by atoms with van der Waals surface area (Å²) >= 11 is 2.00. The molecule has 6 heteroatoms. The van der Waals surface area contributed by atoms with Crippen molar-refractivity contribution < 1.29 is 9.84 Å². The van der Waals surface area contributed by atoms with Crippen molar-refractivity contribution in [3.05, 3.63) is 23.8 Å². The van der Waals surface area contributed by atoms with Crippen LogP contribution < -0.4 is 10.1 Å². The molecule has 2 N–H and O–H groups in total. The number of guanidine groups is 1. The van der Waals surface area contributed by atoms with Gasteiger partial charge in [0.2, 0.25) is 0 Å². The number of nitrogens with zero attached hydrogens (tertiary/aromatic N) is 2. The van der Waals surface area contributed by atoms with E-state index in [-0.39, 0.29) is 10.5 Å². The Morgan fingerprint density at radius 2 is 2.26 bits per heavy atom. The van der Waals surface area contributed by atoms with Crippen LogP contribution in [0.3, 0.4) is 0 Å². The summed E-state index contributed by atoms with van der Waals surface area (Å²) in [7, 11) is 1.56. The zero-order valence-corrected chi connectivity index (χ0v) is 15.2. The van der Waals surface area contributed by atoms with Crippen molar-refractivity contribution in [2.24, 2.45) is 4.99 Å². The predicted molar refractivity (Wildman–Crippen MR) is 97.6 cm³/mol. The summed E-state index contributed by atoms with van der Waals surface area (Å²) in [4.78, 5) is 7.02. The molecule has 0 amide bonds. The third-order valence-electron chi connectivity index (χ3n) is 3.76. The van der Waals surface area contributed by atoms with Crippen molar-refractivity contribution >= 4 is 17.7 Å². The fraction of sp³-hybridized carbons (Fsp3) is 0.588. The van der Waals surface area contributed by atoms with Gasteiger partial charge in [0.15, 0.2) is 17.5 Å². The molecule has 0 aromatic heterocycles. The smallest absolute Gasteiger partial charge is 0.194 e. The van der Waals surface area contributed by atoms with E-state index in [0.29, 0.717) is 12.3 Å². The Hall–Kier alpha value is -1.56. The highest BCUT2D eigenvalue weighted by atomic mass is 32.2. The van der Waals surface area contributed by atoms with Crippen molar-refractivity contribution in [2.75, 3.05) is 32.5 Å². The lowest BCUT2D eigenvalue weighted by molar-refractivity contribution is 0.369. The number of hydrogen-bond donors (Lipinski definition) is 2. The molecule has 1 aromatic carbocycles. The van der Waals surface area contributed by atoms with Gasteiger partial charge in [-0.25, -0.2) is 4.99 Å². The van der Waals surface area contributed by atoms with Crippen molar-refractivity contribution in [3.63, 3.8) is 0 Å². The van der Waals surface area contributed by atoms with Gasteiger partial charge in [-0.2, -0.15) is 11.8 Å². The molecule has 1 heterocycles. The Bertz CT molecular complexity index is 561. The van der Waals surface area contributed by atoms with Crippen LogP contribution in [0.5, 0.6) is 11.5 Å². The third kappa shape index (κ3) is 4.70. The number of phenolic OH excluding ortho intramolecular Hbond substituents is 1. The second-order valence-corrected chi connectivity index (χ2v) is 7.97. The quantitative estimate of drug-likeness (QED) is 0.653.